The minimum atomic E-state index is -0.157. The Kier molecular flexibility index (Phi) is 7.42. The van der Waals surface area contributed by atoms with Crippen LogP contribution in [0.25, 0.3) is 0 Å². The van der Waals surface area contributed by atoms with Gasteiger partial charge in [-0.05, 0) is 20.4 Å². The minimum absolute atomic E-state index is 0.157. The number of hydrogen-bond donors (Lipinski definition) is 0. The highest BCUT2D eigenvalue weighted by molar-refractivity contribution is 5.69. The lowest BCUT2D eigenvalue weighted by molar-refractivity contribution is -0.141. The van der Waals surface area contributed by atoms with Crippen LogP contribution in [0, 0.1) is 0 Å². The molecule has 0 heterocycles. The quantitative estimate of drug-likeness (QED) is 0.576. The monoisotopic (exact) mass is 203 g/mol. The molecule has 0 fully saturated rings. The van der Waals surface area contributed by atoms with Crippen LogP contribution < -0.4 is 0 Å². The minimum Gasteiger partial charge on any atom is -0.469 e. The normalized spacial score (nSPS) is 12.9. The van der Waals surface area contributed by atoms with Crippen molar-refractivity contribution in [1.29, 1.82) is 0 Å². The Morgan fingerprint density at radius 2 is 2.07 bits per heavy atom. The van der Waals surface area contributed by atoms with E-state index in [1.807, 2.05) is 7.05 Å². The number of methoxy groups -OCH3 is 2. The topological polar surface area (TPSA) is 38.8 Å². The second kappa shape index (κ2) is 7.76. The van der Waals surface area contributed by atoms with Crippen LogP contribution in [0.15, 0.2) is 0 Å². The molecule has 0 saturated carbocycles. The third kappa shape index (κ3) is 5.94. The molecular formula is C10H21NO3. The fourth-order valence-corrected chi connectivity index (χ4v) is 1.10. The average molecular weight is 203 g/mol. The SMILES string of the molecule is COCCC(C)N(C)CCC(=O)OC. The summed E-state index contributed by atoms with van der Waals surface area (Å²) < 4.78 is 9.56. The number of rotatable bonds is 7. The van der Waals surface area contributed by atoms with Gasteiger partial charge in [-0.2, -0.15) is 0 Å². The van der Waals surface area contributed by atoms with Gasteiger partial charge in [0.05, 0.1) is 13.5 Å². The van der Waals surface area contributed by atoms with Gasteiger partial charge in [-0.25, -0.2) is 0 Å². The highest BCUT2D eigenvalue weighted by Gasteiger charge is 2.10. The maximum Gasteiger partial charge on any atom is 0.306 e. The molecule has 0 spiro atoms. The molecule has 0 N–H and O–H groups in total. The molecule has 0 bridgehead atoms. The largest absolute Gasteiger partial charge is 0.469 e. The number of hydrogen-bond acceptors (Lipinski definition) is 4. The van der Waals surface area contributed by atoms with Crippen LogP contribution in [0.1, 0.15) is 19.8 Å². The summed E-state index contributed by atoms with van der Waals surface area (Å²) in [4.78, 5) is 13.0. The second-order valence-electron chi connectivity index (χ2n) is 3.44. The first-order chi connectivity index (χ1) is 6.61. The summed E-state index contributed by atoms with van der Waals surface area (Å²) in [7, 11) is 5.11. The van der Waals surface area contributed by atoms with Gasteiger partial charge in [0.15, 0.2) is 0 Å². The Morgan fingerprint density at radius 3 is 2.57 bits per heavy atom. The van der Waals surface area contributed by atoms with Crippen molar-refractivity contribution in [2.75, 3.05) is 34.4 Å². The summed E-state index contributed by atoms with van der Waals surface area (Å²) in [5.74, 6) is -0.157. The fourth-order valence-electron chi connectivity index (χ4n) is 1.10. The summed E-state index contributed by atoms with van der Waals surface area (Å²) >= 11 is 0. The first kappa shape index (κ1) is 13.4. The van der Waals surface area contributed by atoms with Crippen molar-refractivity contribution in [3.8, 4) is 0 Å². The van der Waals surface area contributed by atoms with E-state index in [9.17, 15) is 4.79 Å². The van der Waals surface area contributed by atoms with E-state index < -0.39 is 0 Å². The Labute approximate surface area is 86.2 Å². The molecule has 1 atom stereocenters. The lowest BCUT2D eigenvalue weighted by Crippen LogP contribution is -2.32. The fraction of sp³-hybridized carbons (Fsp3) is 0.900. The number of carbonyl (C=O) groups is 1. The Hall–Kier alpha value is -0.610. The van der Waals surface area contributed by atoms with E-state index in [2.05, 4.69) is 16.6 Å². The van der Waals surface area contributed by atoms with E-state index in [1.165, 1.54) is 7.11 Å². The third-order valence-electron chi connectivity index (χ3n) is 2.39. The van der Waals surface area contributed by atoms with Gasteiger partial charge in [0.2, 0.25) is 0 Å². The molecule has 4 heteroatoms. The number of esters is 1. The molecule has 0 rings (SSSR count). The van der Waals surface area contributed by atoms with Gasteiger partial charge in [-0.15, -0.1) is 0 Å². The van der Waals surface area contributed by atoms with Crippen molar-refractivity contribution in [2.24, 2.45) is 0 Å². The first-order valence-electron chi connectivity index (χ1n) is 4.87. The van der Waals surface area contributed by atoms with Crippen LogP contribution in [-0.4, -0.2) is 51.3 Å². The lowest BCUT2D eigenvalue weighted by Gasteiger charge is -2.23. The smallest absolute Gasteiger partial charge is 0.306 e. The number of nitrogens with zero attached hydrogens (tertiary/aromatic N) is 1. The second-order valence-corrected chi connectivity index (χ2v) is 3.44. The van der Waals surface area contributed by atoms with Crippen LogP contribution in [0.3, 0.4) is 0 Å². The maximum atomic E-state index is 10.9. The molecular weight excluding hydrogens is 182 g/mol. The first-order valence-corrected chi connectivity index (χ1v) is 4.87. The molecule has 0 aliphatic heterocycles. The van der Waals surface area contributed by atoms with Gasteiger partial charge in [-0.3, -0.25) is 4.79 Å². The van der Waals surface area contributed by atoms with Crippen molar-refractivity contribution in [1.82, 2.24) is 4.90 Å². The molecule has 0 radical (unpaired) electrons. The van der Waals surface area contributed by atoms with Crippen molar-refractivity contribution < 1.29 is 14.3 Å². The van der Waals surface area contributed by atoms with Crippen LogP contribution in [-0.2, 0) is 14.3 Å². The Balaban J connectivity index is 3.60. The van der Waals surface area contributed by atoms with Crippen LogP contribution >= 0.6 is 0 Å². The molecule has 1 unspecified atom stereocenters. The predicted octanol–water partition coefficient (Wildman–Crippen LogP) is 0.906. The predicted molar refractivity (Wildman–Crippen MR) is 55.2 cm³/mol. The van der Waals surface area contributed by atoms with E-state index in [0.717, 1.165) is 19.6 Å². The standard InChI is InChI=1S/C10H21NO3/c1-9(6-8-13-3)11(2)7-5-10(12)14-4/h9H,5-8H2,1-4H3. The molecule has 0 aliphatic carbocycles. The molecule has 0 aromatic carbocycles. The van der Waals surface area contributed by atoms with Crippen molar-refractivity contribution in [3.63, 3.8) is 0 Å². The van der Waals surface area contributed by atoms with E-state index in [1.54, 1.807) is 7.11 Å². The Morgan fingerprint density at radius 1 is 1.43 bits per heavy atom. The zero-order chi connectivity index (χ0) is 11.0. The maximum absolute atomic E-state index is 10.9. The van der Waals surface area contributed by atoms with Gasteiger partial charge < -0.3 is 14.4 Å². The highest BCUT2D eigenvalue weighted by atomic mass is 16.5. The van der Waals surface area contributed by atoms with E-state index in [0.29, 0.717) is 12.5 Å². The highest BCUT2D eigenvalue weighted by Crippen LogP contribution is 2.02. The molecule has 0 aliphatic rings. The molecule has 84 valence electrons. The van der Waals surface area contributed by atoms with E-state index in [-0.39, 0.29) is 5.97 Å². The van der Waals surface area contributed by atoms with Crippen LogP contribution in [0.2, 0.25) is 0 Å². The number of ether oxygens (including phenoxy) is 2. The zero-order valence-corrected chi connectivity index (χ0v) is 9.58. The van der Waals surface area contributed by atoms with Crippen LogP contribution in [0.5, 0.6) is 0 Å². The van der Waals surface area contributed by atoms with Gasteiger partial charge in [0, 0.05) is 26.3 Å². The van der Waals surface area contributed by atoms with E-state index in [4.69, 9.17) is 4.74 Å². The lowest BCUT2D eigenvalue weighted by atomic mass is 10.2. The van der Waals surface area contributed by atoms with Crippen LogP contribution in [0.4, 0.5) is 0 Å². The Bertz CT molecular complexity index is 161. The third-order valence-corrected chi connectivity index (χ3v) is 2.39. The summed E-state index contributed by atoms with van der Waals surface area (Å²) in [5, 5.41) is 0. The summed E-state index contributed by atoms with van der Waals surface area (Å²) in [5.41, 5.74) is 0. The molecule has 0 aromatic heterocycles. The number of carbonyl (C=O) groups excluding carboxylic acids is 1. The summed E-state index contributed by atoms with van der Waals surface area (Å²) in [6, 6.07) is 0.430. The van der Waals surface area contributed by atoms with Gasteiger partial charge in [0.25, 0.3) is 0 Å². The summed E-state index contributed by atoms with van der Waals surface area (Å²) in [6.45, 7) is 3.61. The summed E-state index contributed by atoms with van der Waals surface area (Å²) in [6.07, 6.45) is 1.43. The van der Waals surface area contributed by atoms with Crippen molar-refractivity contribution in [3.05, 3.63) is 0 Å². The van der Waals surface area contributed by atoms with Gasteiger partial charge in [-0.1, -0.05) is 0 Å². The van der Waals surface area contributed by atoms with Gasteiger partial charge in [0.1, 0.15) is 0 Å². The van der Waals surface area contributed by atoms with Crippen molar-refractivity contribution >= 4 is 5.97 Å². The molecule has 14 heavy (non-hydrogen) atoms. The van der Waals surface area contributed by atoms with Crippen molar-refractivity contribution in [2.45, 2.75) is 25.8 Å². The average Bonchev–Trinajstić information content (AvgIpc) is 2.21. The van der Waals surface area contributed by atoms with Gasteiger partial charge >= 0.3 is 5.97 Å². The molecule has 0 aromatic rings. The zero-order valence-electron chi connectivity index (χ0n) is 9.58. The molecule has 4 nitrogen and oxygen atoms in total. The molecule has 0 saturated heterocycles. The van der Waals surface area contributed by atoms with E-state index >= 15 is 0 Å². The molecule has 0 amide bonds.